The van der Waals surface area contributed by atoms with Crippen molar-refractivity contribution in [1.82, 2.24) is 10.2 Å². The minimum Gasteiger partial charge on any atom is -0.478 e. The molecule has 2 atom stereocenters. The molecular formula is C17H30N2O4. The van der Waals surface area contributed by atoms with Crippen molar-refractivity contribution in [3.8, 4) is 0 Å². The Balaban J connectivity index is 0.000000284. The van der Waals surface area contributed by atoms with E-state index >= 15 is 0 Å². The van der Waals surface area contributed by atoms with Gasteiger partial charge in [-0.05, 0) is 23.2 Å². The predicted octanol–water partition coefficient (Wildman–Crippen LogP) is 1.68. The first-order valence-corrected chi connectivity index (χ1v) is 8.11. The number of hydrogen-bond acceptors (Lipinski definition) is 4. The molecule has 2 aliphatic rings. The molecule has 0 aliphatic carbocycles. The largest absolute Gasteiger partial charge is 0.478 e. The topological polar surface area (TPSA) is 89.9 Å². The number of carbonyl (C=O) groups is 2. The fraction of sp³-hybridized carbons (Fsp3) is 0.765. The van der Waals surface area contributed by atoms with Gasteiger partial charge in [0, 0.05) is 44.9 Å². The zero-order valence-electron chi connectivity index (χ0n) is 14.6. The Morgan fingerprint density at radius 3 is 1.87 bits per heavy atom. The van der Waals surface area contributed by atoms with E-state index in [-0.39, 0.29) is 0 Å². The Morgan fingerprint density at radius 2 is 1.52 bits per heavy atom. The third-order valence-corrected chi connectivity index (χ3v) is 4.16. The summed E-state index contributed by atoms with van der Waals surface area (Å²) in [5.41, 5.74) is 1.03. The number of piperidine rings is 2. The highest BCUT2D eigenvalue weighted by atomic mass is 16.4. The molecule has 2 saturated heterocycles. The van der Waals surface area contributed by atoms with Crippen LogP contribution < -0.4 is 5.32 Å². The van der Waals surface area contributed by atoms with Gasteiger partial charge in [-0.3, -0.25) is 0 Å². The molecule has 2 rings (SSSR count). The minimum atomic E-state index is -1.26. The van der Waals surface area contributed by atoms with Gasteiger partial charge in [0.05, 0.1) is 0 Å². The van der Waals surface area contributed by atoms with Crippen molar-refractivity contribution < 1.29 is 19.8 Å². The molecule has 2 heterocycles. The van der Waals surface area contributed by atoms with Crippen molar-refractivity contribution in [1.29, 1.82) is 0 Å². The van der Waals surface area contributed by atoms with Gasteiger partial charge in [0.1, 0.15) is 0 Å². The molecule has 0 spiro atoms. The van der Waals surface area contributed by atoms with E-state index in [9.17, 15) is 9.59 Å². The van der Waals surface area contributed by atoms with Crippen LogP contribution in [-0.4, -0.2) is 59.8 Å². The van der Waals surface area contributed by atoms with E-state index < -0.39 is 11.9 Å². The van der Waals surface area contributed by atoms with Crippen LogP contribution in [0.2, 0.25) is 0 Å². The van der Waals surface area contributed by atoms with Crippen molar-refractivity contribution in [2.75, 3.05) is 32.7 Å². The van der Waals surface area contributed by atoms with Gasteiger partial charge >= 0.3 is 11.9 Å². The highest BCUT2D eigenvalue weighted by Gasteiger charge is 2.45. The zero-order valence-corrected chi connectivity index (χ0v) is 14.6. The van der Waals surface area contributed by atoms with Crippen LogP contribution in [0.3, 0.4) is 0 Å². The first-order chi connectivity index (χ1) is 10.5. The standard InChI is InChI=1S/C13H26N2.C4H4O4/c1-11(2)5-15-9-12(3)6-13(4,10-15)8-14-7-12;5-3(6)1-2-4(7)8/h11,14H,5-10H2,1-4H3;1-2H,(H,5,6)(H,7,8). The lowest BCUT2D eigenvalue weighted by Crippen LogP contribution is -2.61. The SMILES string of the molecule is CC(C)CN1CC2(C)CNCC(C)(C1)C2.O=C(O)C=CC(=O)O. The Morgan fingerprint density at radius 1 is 1.09 bits per heavy atom. The summed E-state index contributed by atoms with van der Waals surface area (Å²) in [6, 6.07) is 0. The number of fused-ring (bicyclic) bond motifs is 2. The molecule has 2 unspecified atom stereocenters. The van der Waals surface area contributed by atoms with Gasteiger partial charge in [-0.1, -0.05) is 27.7 Å². The number of aliphatic carboxylic acids is 2. The molecule has 23 heavy (non-hydrogen) atoms. The highest BCUT2D eigenvalue weighted by molar-refractivity contribution is 5.89. The Hall–Kier alpha value is -1.40. The summed E-state index contributed by atoms with van der Waals surface area (Å²) in [6.07, 6.45) is 2.52. The summed E-state index contributed by atoms with van der Waals surface area (Å²) in [6.45, 7) is 15.8. The fourth-order valence-electron chi connectivity index (χ4n) is 3.97. The van der Waals surface area contributed by atoms with Gasteiger partial charge in [0.15, 0.2) is 0 Å². The van der Waals surface area contributed by atoms with E-state index in [4.69, 9.17) is 10.2 Å². The highest BCUT2D eigenvalue weighted by Crippen LogP contribution is 2.42. The average molecular weight is 326 g/mol. The molecule has 0 aromatic heterocycles. The summed E-state index contributed by atoms with van der Waals surface area (Å²) in [4.78, 5) is 21.8. The van der Waals surface area contributed by atoms with E-state index in [1.807, 2.05) is 0 Å². The number of carboxylic acid groups (broad SMARTS) is 2. The summed E-state index contributed by atoms with van der Waals surface area (Å²) in [5, 5.41) is 19.2. The second kappa shape index (κ2) is 7.93. The Labute approximate surface area is 138 Å². The van der Waals surface area contributed by atoms with Crippen LogP contribution in [0, 0.1) is 16.7 Å². The van der Waals surface area contributed by atoms with Gasteiger partial charge < -0.3 is 20.4 Å². The van der Waals surface area contributed by atoms with Gasteiger partial charge in [-0.15, -0.1) is 0 Å². The lowest BCUT2D eigenvalue weighted by atomic mass is 9.66. The van der Waals surface area contributed by atoms with Gasteiger partial charge in [0.25, 0.3) is 0 Å². The lowest BCUT2D eigenvalue weighted by Gasteiger charge is -2.54. The number of carboxylic acids is 2. The number of likely N-dealkylation sites (tertiary alicyclic amines) is 1. The fourth-order valence-corrected chi connectivity index (χ4v) is 3.97. The van der Waals surface area contributed by atoms with Crippen LogP contribution in [-0.2, 0) is 9.59 Å². The van der Waals surface area contributed by atoms with Crippen molar-refractivity contribution in [3.05, 3.63) is 12.2 Å². The monoisotopic (exact) mass is 326 g/mol. The molecule has 3 N–H and O–H groups in total. The van der Waals surface area contributed by atoms with E-state index in [0.717, 1.165) is 5.92 Å². The molecule has 0 radical (unpaired) electrons. The predicted molar refractivity (Wildman–Crippen MR) is 89.4 cm³/mol. The Bertz CT molecular complexity index is 430. The lowest BCUT2D eigenvalue weighted by molar-refractivity contribution is -0.134. The number of nitrogens with one attached hydrogen (secondary N) is 1. The maximum absolute atomic E-state index is 9.55. The van der Waals surface area contributed by atoms with Crippen LogP contribution in [0.15, 0.2) is 12.2 Å². The van der Waals surface area contributed by atoms with Crippen LogP contribution in [0.5, 0.6) is 0 Å². The molecular weight excluding hydrogens is 296 g/mol. The molecule has 132 valence electrons. The third kappa shape index (κ3) is 7.14. The smallest absolute Gasteiger partial charge is 0.328 e. The molecule has 2 fully saturated rings. The van der Waals surface area contributed by atoms with Crippen LogP contribution >= 0.6 is 0 Å². The van der Waals surface area contributed by atoms with Crippen LogP contribution in [0.25, 0.3) is 0 Å². The average Bonchev–Trinajstić information content (AvgIpc) is 2.33. The first kappa shape index (κ1) is 19.6. The summed E-state index contributed by atoms with van der Waals surface area (Å²) >= 11 is 0. The summed E-state index contributed by atoms with van der Waals surface area (Å²) in [7, 11) is 0. The van der Waals surface area contributed by atoms with E-state index in [1.54, 1.807) is 0 Å². The summed E-state index contributed by atoms with van der Waals surface area (Å²) in [5.74, 6) is -1.72. The molecule has 6 nitrogen and oxygen atoms in total. The van der Waals surface area contributed by atoms with E-state index in [1.165, 1.54) is 39.1 Å². The van der Waals surface area contributed by atoms with Crippen LogP contribution in [0.4, 0.5) is 0 Å². The van der Waals surface area contributed by atoms with E-state index in [0.29, 0.717) is 23.0 Å². The second-order valence-electron chi connectivity index (χ2n) is 7.97. The van der Waals surface area contributed by atoms with Crippen molar-refractivity contribution in [3.63, 3.8) is 0 Å². The second-order valence-corrected chi connectivity index (χ2v) is 7.97. The molecule has 2 bridgehead atoms. The van der Waals surface area contributed by atoms with Crippen molar-refractivity contribution >= 4 is 11.9 Å². The van der Waals surface area contributed by atoms with Gasteiger partial charge in [-0.25, -0.2) is 9.59 Å². The molecule has 2 aliphatic heterocycles. The quantitative estimate of drug-likeness (QED) is 0.681. The molecule has 6 heteroatoms. The number of rotatable bonds is 4. The normalized spacial score (nSPS) is 30.8. The van der Waals surface area contributed by atoms with Crippen molar-refractivity contribution in [2.24, 2.45) is 16.7 Å². The molecule has 0 amide bonds. The van der Waals surface area contributed by atoms with Gasteiger partial charge in [0.2, 0.25) is 0 Å². The van der Waals surface area contributed by atoms with E-state index in [2.05, 4.69) is 37.9 Å². The van der Waals surface area contributed by atoms with Crippen LogP contribution in [0.1, 0.15) is 34.1 Å². The third-order valence-electron chi connectivity index (χ3n) is 4.16. The maximum atomic E-state index is 9.55. The zero-order chi connectivity index (χ0) is 17.7. The maximum Gasteiger partial charge on any atom is 0.328 e. The number of hydrogen-bond donors (Lipinski definition) is 3. The summed E-state index contributed by atoms with van der Waals surface area (Å²) < 4.78 is 0. The van der Waals surface area contributed by atoms with Gasteiger partial charge in [-0.2, -0.15) is 0 Å². The Kier molecular flexibility index (Phi) is 6.77. The molecule has 0 saturated carbocycles. The molecule has 0 aromatic carbocycles. The molecule has 0 aromatic rings. The first-order valence-electron chi connectivity index (χ1n) is 8.11. The minimum absolute atomic E-state index is 0.514. The number of nitrogens with zero attached hydrogens (tertiary/aromatic N) is 1. The van der Waals surface area contributed by atoms with Crippen molar-refractivity contribution in [2.45, 2.75) is 34.1 Å².